The van der Waals surface area contributed by atoms with E-state index in [-0.39, 0.29) is 19.2 Å². The van der Waals surface area contributed by atoms with Crippen molar-refractivity contribution >= 4 is 5.78 Å². The Balaban J connectivity index is 1.68. The van der Waals surface area contributed by atoms with Gasteiger partial charge in [-0.05, 0) is 30.7 Å². The molecule has 2 aromatic carbocycles. The van der Waals surface area contributed by atoms with E-state index in [1.54, 1.807) is 12.1 Å². The largest absolute Gasteiger partial charge is 0.454 e. The number of carbonyl (C=O) groups is 1. The number of hydrogen-bond acceptors (Lipinski definition) is 6. The lowest BCUT2D eigenvalue weighted by Gasteiger charge is -2.20. The lowest BCUT2D eigenvalue weighted by Crippen LogP contribution is -2.35. The summed E-state index contributed by atoms with van der Waals surface area (Å²) in [5.41, 5.74) is 1.50. The molecular formula is C22H27NO5. The Labute approximate surface area is 165 Å². The molecule has 1 heterocycles. The van der Waals surface area contributed by atoms with E-state index in [0.717, 1.165) is 18.5 Å². The van der Waals surface area contributed by atoms with Crippen LogP contribution in [-0.4, -0.2) is 49.6 Å². The number of ether oxygens (including phenoxy) is 3. The zero-order valence-corrected chi connectivity index (χ0v) is 16.1. The van der Waals surface area contributed by atoms with Crippen LogP contribution in [0.15, 0.2) is 48.5 Å². The minimum absolute atomic E-state index is 0.0878. The minimum atomic E-state index is -0.691. The Hall–Kier alpha value is -2.41. The summed E-state index contributed by atoms with van der Waals surface area (Å²) < 4.78 is 16.6. The van der Waals surface area contributed by atoms with Crippen LogP contribution in [0, 0.1) is 0 Å². The molecule has 2 N–H and O–H groups in total. The van der Waals surface area contributed by atoms with Gasteiger partial charge in [0.05, 0.1) is 12.7 Å². The maximum atomic E-state index is 13.0. The highest BCUT2D eigenvalue weighted by Gasteiger charge is 2.24. The van der Waals surface area contributed by atoms with Gasteiger partial charge < -0.3 is 24.6 Å². The lowest BCUT2D eigenvalue weighted by molar-refractivity contribution is -0.00163. The van der Waals surface area contributed by atoms with E-state index in [9.17, 15) is 9.90 Å². The maximum Gasteiger partial charge on any atom is 0.231 e. The van der Waals surface area contributed by atoms with Crippen LogP contribution in [0.4, 0.5) is 0 Å². The SMILES string of the molecule is CCCNCC(O)COC(Cc1ccc2c(c1)OCO2)C(=O)c1ccccc1. The summed E-state index contributed by atoms with van der Waals surface area (Å²) in [6.07, 6.45) is 0.0182. The molecule has 0 radical (unpaired) electrons. The highest BCUT2D eigenvalue weighted by molar-refractivity contribution is 5.99. The van der Waals surface area contributed by atoms with Gasteiger partial charge in [0.25, 0.3) is 0 Å². The summed E-state index contributed by atoms with van der Waals surface area (Å²) in [5.74, 6) is 1.27. The van der Waals surface area contributed by atoms with Crippen LogP contribution in [0.2, 0.25) is 0 Å². The summed E-state index contributed by atoms with van der Waals surface area (Å²) >= 11 is 0. The second-order valence-electron chi connectivity index (χ2n) is 6.80. The molecule has 2 aromatic rings. The fourth-order valence-electron chi connectivity index (χ4n) is 3.03. The first-order chi connectivity index (χ1) is 13.7. The van der Waals surface area contributed by atoms with Crippen LogP contribution in [0.25, 0.3) is 0 Å². The van der Waals surface area contributed by atoms with Crippen molar-refractivity contribution in [2.45, 2.75) is 32.0 Å². The Bertz CT molecular complexity index is 765. The first kappa shape index (κ1) is 20.3. The van der Waals surface area contributed by atoms with Gasteiger partial charge in [0.1, 0.15) is 6.10 Å². The van der Waals surface area contributed by atoms with Crippen molar-refractivity contribution in [3.8, 4) is 11.5 Å². The van der Waals surface area contributed by atoms with Crippen molar-refractivity contribution in [1.29, 1.82) is 0 Å². The number of ketones is 1. The fraction of sp³-hybridized carbons (Fsp3) is 0.409. The summed E-state index contributed by atoms with van der Waals surface area (Å²) in [6.45, 7) is 3.63. The molecule has 0 spiro atoms. The Morgan fingerprint density at radius 1 is 1.18 bits per heavy atom. The first-order valence-electron chi connectivity index (χ1n) is 9.65. The predicted molar refractivity (Wildman–Crippen MR) is 106 cm³/mol. The molecule has 150 valence electrons. The van der Waals surface area contributed by atoms with E-state index in [1.807, 2.05) is 36.4 Å². The predicted octanol–water partition coefficient (Wildman–Crippen LogP) is 2.59. The van der Waals surface area contributed by atoms with Gasteiger partial charge in [-0.1, -0.05) is 43.3 Å². The zero-order valence-electron chi connectivity index (χ0n) is 16.1. The van der Waals surface area contributed by atoms with Gasteiger partial charge in [-0.25, -0.2) is 0 Å². The van der Waals surface area contributed by atoms with Crippen LogP contribution in [0.1, 0.15) is 29.3 Å². The van der Waals surface area contributed by atoms with Crippen molar-refractivity contribution in [2.24, 2.45) is 0 Å². The van der Waals surface area contributed by atoms with Crippen LogP contribution < -0.4 is 14.8 Å². The van der Waals surface area contributed by atoms with Gasteiger partial charge in [-0.15, -0.1) is 0 Å². The number of fused-ring (bicyclic) bond motifs is 1. The molecule has 6 heteroatoms. The van der Waals surface area contributed by atoms with Crippen LogP contribution in [0.3, 0.4) is 0 Å². The van der Waals surface area contributed by atoms with Crippen molar-refractivity contribution in [1.82, 2.24) is 5.32 Å². The molecular weight excluding hydrogens is 358 g/mol. The van der Waals surface area contributed by atoms with Gasteiger partial charge in [-0.3, -0.25) is 4.79 Å². The number of benzene rings is 2. The van der Waals surface area contributed by atoms with Crippen molar-refractivity contribution < 1.29 is 24.1 Å². The molecule has 1 aliphatic rings. The lowest BCUT2D eigenvalue weighted by atomic mass is 9.99. The van der Waals surface area contributed by atoms with Crippen molar-refractivity contribution in [2.75, 3.05) is 26.5 Å². The van der Waals surface area contributed by atoms with E-state index < -0.39 is 12.2 Å². The third kappa shape index (κ3) is 5.55. The molecule has 2 atom stereocenters. The average molecular weight is 385 g/mol. The van der Waals surface area contributed by atoms with E-state index in [2.05, 4.69) is 12.2 Å². The molecule has 0 bridgehead atoms. The zero-order chi connectivity index (χ0) is 19.8. The summed E-state index contributed by atoms with van der Waals surface area (Å²) in [7, 11) is 0. The number of aliphatic hydroxyl groups is 1. The second kappa shape index (κ2) is 10.2. The van der Waals surface area contributed by atoms with E-state index in [0.29, 0.717) is 30.0 Å². The molecule has 1 aliphatic heterocycles. The van der Waals surface area contributed by atoms with Gasteiger partial charge in [0, 0.05) is 18.5 Å². The smallest absolute Gasteiger partial charge is 0.231 e. The molecule has 0 saturated carbocycles. The molecule has 0 aromatic heterocycles. The standard InChI is InChI=1S/C22H27NO5/c1-2-10-23-13-18(24)14-26-21(22(25)17-6-4-3-5-7-17)12-16-8-9-19-20(11-16)28-15-27-19/h3-9,11,18,21,23-24H,2,10,12-15H2,1H3. The van der Waals surface area contributed by atoms with E-state index in [4.69, 9.17) is 14.2 Å². The van der Waals surface area contributed by atoms with Crippen molar-refractivity contribution in [3.63, 3.8) is 0 Å². The molecule has 6 nitrogen and oxygen atoms in total. The molecule has 2 unspecified atom stereocenters. The first-order valence-corrected chi connectivity index (χ1v) is 9.65. The number of Topliss-reactive ketones (excluding diaryl/α,β-unsaturated/α-hetero) is 1. The Morgan fingerprint density at radius 3 is 2.75 bits per heavy atom. The summed E-state index contributed by atoms with van der Waals surface area (Å²) in [4.78, 5) is 13.0. The quantitative estimate of drug-likeness (QED) is 0.457. The minimum Gasteiger partial charge on any atom is -0.454 e. The topological polar surface area (TPSA) is 77.0 Å². The highest BCUT2D eigenvalue weighted by atomic mass is 16.7. The van der Waals surface area contributed by atoms with Gasteiger partial charge in [0.2, 0.25) is 6.79 Å². The van der Waals surface area contributed by atoms with Crippen LogP contribution in [0.5, 0.6) is 11.5 Å². The molecule has 0 amide bonds. The monoisotopic (exact) mass is 385 g/mol. The van der Waals surface area contributed by atoms with E-state index >= 15 is 0 Å². The number of hydrogen-bond donors (Lipinski definition) is 2. The number of carbonyl (C=O) groups excluding carboxylic acids is 1. The number of rotatable bonds is 11. The van der Waals surface area contributed by atoms with Gasteiger partial charge in [-0.2, -0.15) is 0 Å². The molecule has 28 heavy (non-hydrogen) atoms. The van der Waals surface area contributed by atoms with Crippen molar-refractivity contribution in [3.05, 3.63) is 59.7 Å². The average Bonchev–Trinajstić information content (AvgIpc) is 3.19. The molecule has 0 fully saturated rings. The normalized spacial score (nSPS) is 14.6. The van der Waals surface area contributed by atoms with Crippen LogP contribution >= 0.6 is 0 Å². The number of nitrogens with one attached hydrogen (secondary N) is 1. The van der Waals surface area contributed by atoms with Gasteiger partial charge >= 0.3 is 0 Å². The summed E-state index contributed by atoms with van der Waals surface area (Å²) in [5, 5.41) is 13.3. The van der Waals surface area contributed by atoms with Crippen LogP contribution in [-0.2, 0) is 11.2 Å². The molecule has 0 aliphatic carbocycles. The Kier molecular flexibility index (Phi) is 7.42. The number of aliphatic hydroxyl groups excluding tert-OH is 1. The third-order valence-corrected chi connectivity index (χ3v) is 4.51. The molecule has 0 saturated heterocycles. The van der Waals surface area contributed by atoms with Gasteiger partial charge in [0.15, 0.2) is 17.3 Å². The highest BCUT2D eigenvalue weighted by Crippen LogP contribution is 2.33. The molecule has 3 rings (SSSR count). The van der Waals surface area contributed by atoms with E-state index in [1.165, 1.54) is 0 Å². The Morgan fingerprint density at radius 2 is 1.96 bits per heavy atom. The fourth-order valence-corrected chi connectivity index (χ4v) is 3.03. The third-order valence-electron chi connectivity index (χ3n) is 4.51. The second-order valence-corrected chi connectivity index (χ2v) is 6.80. The summed E-state index contributed by atoms with van der Waals surface area (Å²) in [6, 6.07) is 14.7. The maximum absolute atomic E-state index is 13.0.